The van der Waals surface area contributed by atoms with Crippen LogP contribution in [0.25, 0.3) is 0 Å². The van der Waals surface area contributed by atoms with Crippen LogP contribution in [0.1, 0.15) is 20.7 Å². The molecule has 2 aromatic carbocycles. The molecule has 0 unspecified atom stereocenters. The first-order valence-corrected chi connectivity index (χ1v) is 14.1. The molecule has 0 aliphatic carbocycles. The van der Waals surface area contributed by atoms with Crippen LogP contribution < -0.4 is 30.9 Å². The van der Waals surface area contributed by atoms with Gasteiger partial charge in [0.1, 0.15) is 11.4 Å². The van der Waals surface area contributed by atoms with Crippen LogP contribution in [0.15, 0.2) is 42.6 Å². The maximum Gasteiger partial charge on any atom is 0.260 e. The molecule has 0 spiro atoms. The van der Waals surface area contributed by atoms with Crippen LogP contribution in [0.4, 0.5) is 28.8 Å². The van der Waals surface area contributed by atoms with Crippen molar-refractivity contribution >= 4 is 52.2 Å². The van der Waals surface area contributed by atoms with E-state index in [1.165, 1.54) is 12.0 Å². The molecule has 4 rings (SSSR count). The summed E-state index contributed by atoms with van der Waals surface area (Å²) in [6.07, 6.45) is 1.58. The van der Waals surface area contributed by atoms with Crippen LogP contribution in [-0.4, -0.2) is 95.7 Å². The molecule has 2 amide bonds. The van der Waals surface area contributed by atoms with E-state index in [2.05, 4.69) is 15.6 Å². The first kappa shape index (κ1) is 31.9. The number of amides is 2. The van der Waals surface area contributed by atoms with Gasteiger partial charge < -0.3 is 45.1 Å². The van der Waals surface area contributed by atoms with Crippen molar-refractivity contribution in [2.24, 2.45) is 5.73 Å². The summed E-state index contributed by atoms with van der Waals surface area (Å²) in [5.74, 6) is 0.744. The number of carbonyl (C=O) groups excluding carboxylic acids is 2. The number of rotatable bonds is 15. The lowest BCUT2D eigenvalue weighted by Gasteiger charge is -2.21. The first-order chi connectivity index (χ1) is 20.8. The fraction of sp³-hybridized carbons (Fsp3) is 0.379. The third-order valence-electron chi connectivity index (χ3n) is 6.53. The van der Waals surface area contributed by atoms with Gasteiger partial charge in [-0.15, -0.1) is 0 Å². The molecule has 1 aliphatic heterocycles. The number of benzene rings is 2. The van der Waals surface area contributed by atoms with Crippen molar-refractivity contribution < 1.29 is 28.5 Å². The zero-order valence-electron chi connectivity index (χ0n) is 24.4. The Hall–Kier alpha value is -4.01. The smallest absolute Gasteiger partial charge is 0.260 e. The van der Waals surface area contributed by atoms with E-state index in [4.69, 9.17) is 41.3 Å². The van der Waals surface area contributed by atoms with Crippen molar-refractivity contribution in [3.8, 4) is 5.75 Å². The van der Waals surface area contributed by atoms with E-state index in [0.29, 0.717) is 97.5 Å². The van der Waals surface area contributed by atoms with Crippen LogP contribution >= 0.6 is 11.6 Å². The number of aromatic nitrogens is 2. The second kappa shape index (κ2) is 15.5. The van der Waals surface area contributed by atoms with Crippen LogP contribution in [0.2, 0.25) is 5.02 Å². The summed E-state index contributed by atoms with van der Waals surface area (Å²) in [4.78, 5) is 38.2. The summed E-state index contributed by atoms with van der Waals surface area (Å²) < 4.78 is 21.6. The minimum absolute atomic E-state index is 0.219. The van der Waals surface area contributed by atoms with Crippen molar-refractivity contribution in [1.29, 1.82) is 0 Å². The number of nitrogens with one attached hydrogen (secondary N) is 2. The number of nitrogens with two attached hydrogens (primary N) is 1. The van der Waals surface area contributed by atoms with Crippen molar-refractivity contribution in [3.05, 3.63) is 58.7 Å². The molecular weight excluding hydrogens is 578 g/mol. The summed E-state index contributed by atoms with van der Waals surface area (Å²) in [7, 11) is 5.00. The lowest BCUT2D eigenvalue weighted by Crippen LogP contribution is -2.27. The third-order valence-corrected chi connectivity index (χ3v) is 6.77. The SMILES string of the molecule is COc1cc(C(=O)NCCOCCOCCOCCN)ccc1Nc1ncc2c(n1)N(C)c1ccc(Cl)cc1C(=O)N2C. The zero-order valence-corrected chi connectivity index (χ0v) is 25.1. The molecule has 0 fully saturated rings. The summed E-state index contributed by atoms with van der Waals surface area (Å²) in [6.45, 7) is 3.50. The van der Waals surface area contributed by atoms with Gasteiger partial charge in [-0.1, -0.05) is 11.6 Å². The molecule has 230 valence electrons. The van der Waals surface area contributed by atoms with Crippen molar-refractivity contribution in [2.75, 3.05) is 89.1 Å². The molecule has 13 nitrogen and oxygen atoms in total. The number of hydrogen-bond donors (Lipinski definition) is 3. The molecule has 2 heterocycles. The highest BCUT2D eigenvalue weighted by atomic mass is 35.5. The Labute approximate surface area is 255 Å². The molecule has 0 saturated heterocycles. The van der Waals surface area contributed by atoms with Crippen LogP contribution in [0.5, 0.6) is 5.75 Å². The summed E-state index contributed by atoms with van der Waals surface area (Å²) in [6, 6.07) is 10.2. The zero-order chi connectivity index (χ0) is 30.8. The lowest BCUT2D eigenvalue weighted by molar-refractivity contribution is 0.0166. The van der Waals surface area contributed by atoms with Gasteiger partial charge in [0.2, 0.25) is 5.95 Å². The Balaban J connectivity index is 1.35. The molecule has 1 aliphatic rings. The van der Waals surface area contributed by atoms with E-state index in [9.17, 15) is 9.59 Å². The Morgan fingerprint density at radius 2 is 1.67 bits per heavy atom. The summed E-state index contributed by atoms with van der Waals surface area (Å²) in [5.41, 5.74) is 7.99. The standard InChI is InChI=1S/C29H36ClN7O6/c1-36-23-7-5-20(30)17-21(23)28(39)37(2)24-18-33-29(35-26(24)36)34-22-6-4-19(16-25(22)40-3)27(38)32-9-11-42-13-15-43-14-12-41-10-8-31/h4-7,16-18H,8-15,31H2,1-3H3,(H,32,38)(H,33,34,35). The predicted octanol–water partition coefficient (Wildman–Crippen LogP) is 2.98. The highest BCUT2D eigenvalue weighted by Crippen LogP contribution is 2.39. The van der Waals surface area contributed by atoms with Crippen LogP contribution in [0, 0.1) is 0 Å². The van der Waals surface area contributed by atoms with Crippen LogP contribution in [0.3, 0.4) is 0 Å². The van der Waals surface area contributed by atoms with E-state index in [1.54, 1.807) is 49.6 Å². The number of hydrogen-bond acceptors (Lipinski definition) is 11. The quantitative estimate of drug-likeness (QED) is 0.217. The van der Waals surface area contributed by atoms with Gasteiger partial charge in [-0.2, -0.15) is 4.98 Å². The fourth-order valence-electron chi connectivity index (χ4n) is 4.31. The molecule has 3 aromatic rings. The number of nitrogens with zero attached hydrogens (tertiary/aromatic N) is 4. The van der Waals surface area contributed by atoms with Gasteiger partial charge in [0.25, 0.3) is 11.8 Å². The van der Waals surface area contributed by atoms with Gasteiger partial charge in [-0.25, -0.2) is 4.98 Å². The van der Waals surface area contributed by atoms with Gasteiger partial charge in [-0.05, 0) is 36.4 Å². The maximum absolute atomic E-state index is 13.1. The van der Waals surface area contributed by atoms with Gasteiger partial charge >= 0.3 is 0 Å². The van der Waals surface area contributed by atoms with Gasteiger partial charge in [0.15, 0.2) is 5.82 Å². The first-order valence-electron chi connectivity index (χ1n) is 13.7. The maximum atomic E-state index is 13.1. The summed E-state index contributed by atoms with van der Waals surface area (Å²) >= 11 is 6.17. The minimum Gasteiger partial charge on any atom is -0.495 e. The Kier molecular flexibility index (Phi) is 11.5. The molecule has 1 aromatic heterocycles. The van der Waals surface area contributed by atoms with E-state index in [1.807, 2.05) is 11.9 Å². The van der Waals surface area contributed by atoms with Crippen molar-refractivity contribution in [1.82, 2.24) is 15.3 Å². The number of methoxy groups -OCH3 is 1. The van der Waals surface area contributed by atoms with E-state index >= 15 is 0 Å². The lowest BCUT2D eigenvalue weighted by atomic mass is 10.1. The van der Waals surface area contributed by atoms with Gasteiger partial charge in [0.05, 0.1) is 69.9 Å². The van der Waals surface area contributed by atoms with Crippen molar-refractivity contribution in [3.63, 3.8) is 0 Å². The highest BCUT2D eigenvalue weighted by molar-refractivity contribution is 6.31. The monoisotopic (exact) mass is 613 g/mol. The molecular formula is C29H36ClN7O6. The van der Waals surface area contributed by atoms with Gasteiger partial charge in [-0.3, -0.25) is 9.59 Å². The van der Waals surface area contributed by atoms with Gasteiger partial charge in [0, 0.05) is 37.8 Å². The summed E-state index contributed by atoms with van der Waals surface area (Å²) in [5, 5.41) is 6.45. The Morgan fingerprint density at radius 1 is 0.953 bits per heavy atom. The molecule has 0 bridgehead atoms. The number of ether oxygens (including phenoxy) is 4. The second-order valence-corrected chi connectivity index (χ2v) is 9.85. The molecule has 14 heteroatoms. The number of carbonyl (C=O) groups is 2. The normalized spacial score (nSPS) is 12.4. The number of fused-ring (bicyclic) bond motifs is 2. The average Bonchev–Trinajstić information content (AvgIpc) is 3.09. The topological polar surface area (TPSA) is 153 Å². The molecule has 0 saturated carbocycles. The van der Waals surface area contributed by atoms with Crippen molar-refractivity contribution in [2.45, 2.75) is 0 Å². The highest BCUT2D eigenvalue weighted by Gasteiger charge is 2.29. The number of anilines is 5. The van der Waals surface area contributed by atoms with E-state index < -0.39 is 0 Å². The predicted molar refractivity (Wildman–Crippen MR) is 164 cm³/mol. The Bertz CT molecular complexity index is 1430. The molecule has 0 atom stereocenters. The van der Waals surface area contributed by atoms with Crippen LogP contribution in [-0.2, 0) is 14.2 Å². The average molecular weight is 614 g/mol. The molecule has 0 radical (unpaired) electrons. The number of halogens is 1. The molecule has 43 heavy (non-hydrogen) atoms. The van der Waals surface area contributed by atoms with E-state index in [0.717, 1.165) is 0 Å². The third kappa shape index (κ3) is 8.09. The largest absolute Gasteiger partial charge is 0.495 e. The molecule has 4 N–H and O–H groups in total. The fourth-order valence-corrected chi connectivity index (χ4v) is 4.48. The Morgan fingerprint density at radius 3 is 2.40 bits per heavy atom. The van der Waals surface area contributed by atoms with E-state index in [-0.39, 0.29) is 17.8 Å². The minimum atomic E-state index is -0.267. The second-order valence-electron chi connectivity index (χ2n) is 9.41.